The average molecular weight is 330 g/mol. The van der Waals surface area contributed by atoms with Crippen molar-refractivity contribution < 1.29 is 0 Å². The van der Waals surface area contributed by atoms with E-state index in [1.54, 1.807) is 11.3 Å². The monoisotopic (exact) mass is 330 g/mol. The van der Waals surface area contributed by atoms with Gasteiger partial charge in [-0.2, -0.15) is 0 Å². The van der Waals surface area contributed by atoms with E-state index in [0.29, 0.717) is 12.1 Å². The summed E-state index contributed by atoms with van der Waals surface area (Å²) in [6.45, 7) is 3.08. The van der Waals surface area contributed by atoms with Gasteiger partial charge in [-0.15, -0.1) is 11.3 Å². The van der Waals surface area contributed by atoms with Crippen LogP contribution in [0.2, 0.25) is 0 Å². The molecular formula is C16H22N6S. The summed E-state index contributed by atoms with van der Waals surface area (Å²) in [6.07, 6.45) is 6.06. The first-order valence-electron chi connectivity index (χ1n) is 8.20. The third-order valence-corrected chi connectivity index (χ3v) is 5.46. The Morgan fingerprint density at radius 1 is 1.17 bits per heavy atom. The quantitative estimate of drug-likeness (QED) is 0.786. The highest BCUT2D eigenvalue weighted by Gasteiger charge is 2.32. The Hall–Kier alpha value is -1.54. The van der Waals surface area contributed by atoms with Gasteiger partial charge < -0.3 is 10.2 Å². The predicted octanol–water partition coefficient (Wildman–Crippen LogP) is 1.31. The topological polar surface area (TPSA) is 65.1 Å². The third kappa shape index (κ3) is 3.37. The molecule has 0 aromatic carbocycles. The van der Waals surface area contributed by atoms with E-state index < -0.39 is 0 Å². The molecule has 23 heavy (non-hydrogen) atoms. The molecule has 0 aliphatic carbocycles. The first-order valence-corrected chi connectivity index (χ1v) is 9.08. The molecule has 0 saturated carbocycles. The van der Waals surface area contributed by atoms with Gasteiger partial charge in [-0.1, -0.05) is 6.07 Å². The second kappa shape index (κ2) is 6.92. The Kier molecular flexibility index (Phi) is 4.52. The van der Waals surface area contributed by atoms with Gasteiger partial charge in [0.1, 0.15) is 0 Å². The summed E-state index contributed by atoms with van der Waals surface area (Å²) in [6, 6.07) is 7.26. The molecule has 0 bridgehead atoms. The van der Waals surface area contributed by atoms with Crippen LogP contribution in [0.25, 0.3) is 0 Å². The molecule has 2 aliphatic rings. The minimum atomic E-state index is 0.230. The molecule has 4 rings (SSSR count). The molecule has 7 heteroatoms. The lowest BCUT2D eigenvalue weighted by atomic mass is 10.0. The molecule has 2 atom stereocenters. The Morgan fingerprint density at radius 2 is 2.09 bits per heavy atom. The van der Waals surface area contributed by atoms with E-state index in [1.165, 1.54) is 0 Å². The van der Waals surface area contributed by atoms with Crippen LogP contribution in [0, 0.1) is 0 Å². The number of aromatic nitrogens is 2. The van der Waals surface area contributed by atoms with Crippen LogP contribution in [0.3, 0.4) is 0 Å². The number of rotatable bonds is 4. The number of hydrogen-bond acceptors (Lipinski definition) is 7. The van der Waals surface area contributed by atoms with Gasteiger partial charge in [-0.3, -0.25) is 10.4 Å². The first-order chi connectivity index (χ1) is 11.4. The van der Waals surface area contributed by atoms with E-state index in [0.717, 1.165) is 43.3 Å². The highest BCUT2D eigenvalue weighted by molar-refractivity contribution is 7.13. The SMILES string of the molecule is c1ccc(C2NNCC2NC2CCN(c3nccs3)CC2)nc1. The van der Waals surface area contributed by atoms with E-state index in [-0.39, 0.29) is 6.04 Å². The summed E-state index contributed by atoms with van der Waals surface area (Å²) < 4.78 is 0. The van der Waals surface area contributed by atoms with Crippen LogP contribution < -0.4 is 21.1 Å². The molecule has 0 spiro atoms. The van der Waals surface area contributed by atoms with Gasteiger partial charge in [0.15, 0.2) is 5.13 Å². The standard InChI is InChI=1S/C16H22N6S/c1-2-6-17-13(3-1)15-14(11-19-21-15)20-12-4-8-22(9-5-12)16-18-7-10-23-16/h1-3,6-7,10,12,14-15,19-21H,4-5,8-9,11H2. The van der Waals surface area contributed by atoms with Gasteiger partial charge in [0.25, 0.3) is 0 Å². The number of hydrazine groups is 1. The lowest BCUT2D eigenvalue weighted by Crippen LogP contribution is -2.48. The molecule has 4 heterocycles. The summed E-state index contributed by atoms with van der Waals surface area (Å²) in [4.78, 5) is 11.3. The number of nitrogens with one attached hydrogen (secondary N) is 3. The van der Waals surface area contributed by atoms with Crippen molar-refractivity contribution in [1.82, 2.24) is 26.1 Å². The molecule has 122 valence electrons. The third-order valence-electron chi connectivity index (χ3n) is 4.62. The van der Waals surface area contributed by atoms with Crippen molar-refractivity contribution in [1.29, 1.82) is 0 Å². The number of nitrogens with zero attached hydrogens (tertiary/aromatic N) is 3. The van der Waals surface area contributed by atoms with Gasteiger partial charge in [0.2, 0.25) is 0 Å². The number of hydrogen-bond donors (Lipinski definition) is 3. The van der Waals surface area contributed by atoms with Crippen molar-refractivity contribution in [2.45, 2.75) is 31.0 Å². The van der Waals surface area contributed by atoms with Crippen molar-refractivity contribution in [3.8, 4) is 0 Å². The first kappa shape index (κ1) is 15.0. The number of piperidine rings is 1. The Bertz CT molecular complexity index is 596. The molecule has 3 N–H and O–H groups in total. The number of pyridine rings is 1. The largest absolute Gasteiger partial charge is 0.348 e. The fourth-order valence-electron chi connectivity index (χ4n) is 3.40. The van der Waals surface area contributed by atoms with Crippen LogP contribution in [0.15, 0.2) is 36.0 Å². The lowest BCUT2D eigenvalue weighted by Gasteiger charge is -2.34. The minimum Gasteiger partial charge on any atom is -0.348 e. The molecule has 0 amide bonds. The van der Waals surface area contributed by atoms with Gasteiger partial charge in [-0.25, -0.2) is 10.4 Å². The lowest BCUT2D eigenvalue weighted by molar-refractivity contribution is 0.352. The zero-order valence-corrected chi connectivity index (χ0v) is 13.8. The van der Waals surface area contributed by atoms with Gasteiger partial charge >= 0.3 is 0 Å². The molecule has 2 aromatic rings. The van der Waals surface area contributed by atoms with Gasteiger partial charge in [0.05, 0.1) is 11.7 Å². The Balaban J connectivity index is 1.34. The van der Waals surface area contributed by atoms with E-state index in [2.05, 4.69) is 37.1 Å². The summed E-state index contributed by atoms with van der Waals surface area (Å²) in [7, 11) is 0. The van der Waals surface area contributed by atoms with E-state index in [9.17, 15) is 0 Å². The Labute approximate surface area is 140 Å². The maximum Gasteiger partial charge on any atom is 0.185 e. The average Bonchev–Trinajstić information content (AvgIpc) is 3.28. The second-order valence-electron chi connectivity index (χ2n) is 6.11. The van der Waals surface area contributed by atoms with Crippen LogP contribution in [-0.4, -0.2) is 41.7 Å². The van der Waals surface area contributed by atoms with Gasteiger partial charge in [0, 0.05) is 49.5 Å². The molecule has 6 nitrogen and oxygen atoms in total. The van der Waals surface area contributed by atoms with Crippen LogP contribution in [0.5, 0.6) is 0 Å². The highest BCUT2D eigenvalue weighted by atomic mass is 32.1. The van der Waals surface area contributed by atoms with Crippen LogP contribution in [0.4, 0.5) is 5.13 Å². The van der Waals surface area contributed by atoms with Crippen molar-refractivity contribution >= 4 is 16.5 Å². The molecular weight excluding hydrogens is 308 g/mol. The van der Waals surface area contributed by atoms with Crippen LogP contribution in [-0.2, 0) is 0 Å². The fourth-order valence-corrected chi connectivity index (χ4v) is 4.10. The predicted molar refractivity (Wildman–Crippen MR) is 92.4 cm³/mol. The molecule has 2 aromatic heterocycles. The fraction of sp³-hybridized carbons (Fsp3) is 0.500. The summed E-state index contributed by atoms with van der Waals surface area (Å²) in [5, 5.41) is 7.02. The summed E-state index contributed by atoms with van der Waals surface area (Å²) in [5.74, 6) is 0. The maximum absolute atomic E-state index is 4.49. The number of thiazole rings is 1. The normalized spacial score (nSPS) is 25.8. The molecule has 2 saturated heterocycles. The van der Waals surface area contributed by atoms with Crippen molar-refractivity contribution in [2.24, 2.45) is 0 Å². The molecule has 2 unspecified atom stereocenters. The summed E-state index contributed by atoms with van der Waals surface area (Å²) >= 11 is 1.73. The molecule has 2 aliphatic heterocycles. The van der Waals surface area contributed by atoms with Crippen LogP contribution in [0.1, 0.15) is 24.6 Å². The maximum atomic E-state index is 4.49. The summed E-state index contributed by atoms with van der Waals surface area (Å²) in [5.41, 5.74) is 7.71. The smallest absolute Gasteiger partial charge is 0.185 e. The second-order valence-corrected chi connectivity index (χ2v) is 6.98. The Morgan fingerprint density at radius 3 is 2.83 bits per heavy atom. The van der Waals surface area contributed by atoms with Crippen molar-refractivity contribution in [3.63, 3.8) is 0 Å². The van der Waals surface area contributed by atoms with Crippen LogP contribution >= 0.6 is 11.3 Å². The highest BCUT2D eigenvalue weighted by Crippen LogP contribution is 2.24. The minimum absolute atomic E-state index is 0.230. The van der Waals surface area contributed by atoms with Crippen molar-refractivity contribution in [2.75, 3.05) is 24.5 Å². The molecule has 0 radical (unpaired) electrons. The zero-order chi connectivity index (χ0) is 15.5. The van der Waals surface area contributed by atoms with Gasteiger partial charge in [-0.05, 0) is 25.0 Å². The van der Waals surface area contributed by atoms with Crippen molar-refractivity contribution in [3.05, 3.63) is 41.7 Å². The van der Waals surface area contributed by atoms with E-state index >= 15 is 0 Å². The number of anilines is 1. The zero-order valence-electron chi connectivity index (χ0n) is 13.0. The van der Waals surface area contributed by atoms with E-state index in [4.69, 9.17) is 0 Å². The molecule has 2 fully saturated rings. The van der Waals surface area contributed by atoms with E-state index in [1.807, 2.05) is 29.9 Å².